The summed E-state index contributed by atoms with van der Waals surface area (Å²) < 4.78 is 38.2. The normalized spacial score (nSPS) is 12.5. The molecule has 0 spiro atoms. The van der Waals surface area contributed by atoms with Crippen molar-refractivity contribution < 1.29 is 12.8 Å². The lowest BCUT2D eigenvalue weighted by Gasteiger charge is -2.07. The van der Waals surface area contributed by atoms with Gasteiger partial charge in [0, 0.05) is 23.6 Å². The number of primary sulfonamides is 1. The molecule has 4 nitrogen and oxygen atoms in total. The van der Waals surface area contributed by atoms with Crippen LogP contribution in [0.4, 0.5) is 4.39 Å². The van der Waals surface area contributed by atoms with Gasteiger partial charge in [-0.2, -0.15) is 0 Å². The molecule has 1 aromatic heterocycles. The minimum atomic E-state index is -3.85. The van der Waals surface area contributed by atoms with E-state index in [9.17, 15) is 12.8 Å². The number of hydrogen-bond acceptors (Lipinski definition) is 2. The van der Waals surface area contributed by atoms with Gasteiger partial charge in [0.25, 0.3) is 0 Å². The molecule has 0 atom stereocenters. The second-order valence-corrected chi connectivity index (χ2v) is 6.61. The molecule has 0 fully saturated rings. The summed E-state index contributed by atoms with van der Waals surface area (Å²) >= 11 is 0. The van der Waals surface area contributed by atoms with Crippen molar-refractivity contribution in [2.24, 2.45) is 11.1 Å². The van der Waals surface area contributed by atoms with Crippen LogP contribution in [0.1, 0.15) is 20.3 Å². The third-order valence-electron chi connectivity index (χ3n) is 3.06. The van der Waals surface area contributed by atoms with Crippen molar-refractivity contribution in [1.82, 2.24) is 4.57 Å². The lowest BCUT2D eigenvalue weighted by molar-refractivity contribution is 0.523. The van der Waals surface area contributed by atoms with Gasteiger partial charge in [0.1, 0.15) is 10.7 Å². The van der Waals surface area contributed by atoms with Crippen LogP contribution < -0.4 is 5.14 Å². The number of sulfonamides is 1. The zero-order chi connectivity index (χ0) is 14.2. The van der Waals surface area contributed by atoms with Gasteiger partial charge in [-0.3, -0.25) is 0 Å². The molecule has 104 valence electrons. The van der Waals surface area contributed by atoms with E-state index in [1.807, 2.05) is 4.57 Å². The third-order valence-corrected chi connectivity index (χ3v) is 4.00. The Labute approximate surface area is 112 Å². The summed E-state index contributed by atoms with van der Waals surface area (Å²) in [5, 5.41) is 5.52. The highest BCUT2D eigenvalue weighted by Crippen LogP contribution is 2.26. The summed E-state index contributed by atoms with van der Waals surface area (Å²) in [6, 6.07) is 4.11. The summed E-state index contributed by atoms with van der Waals surface area (Å²) in [6.07, 6.45) is 2.40. The summed E-state index contributed by atoms with van der Waals surface area (Å²) in [7, 11) is -3.85. The minimum absolute atomic E-state index is 0.0224. The van der Waals surface area contributed by atoms with Crippen molar-refractivity contribution in [2.45, 2.75) is 31.7 Å². The van der Waals surface area contributed by atoms with E-state index in [1.54, 1.807) is 6.07 Å². The summed E-state index contributed by atoms with van der Waals surface area (Å²) in [4.78, 5) is -0.0224. The molecule has 1 aromatic carbocycles. The maximum Gasteiger partial charge on any atom is 0.240 e. The van der Waals surface area contributed by atoms with Crippen molar-refractivity contribution in [2.75, 3.05) is 0 Å². The molecule has 1 heterocycles. The summed E-state index contributed by atoms with van der Waals surface area (Å²) in [5.74, 6) is 0.0230. The lowest BCUT2D eigenvalue weighted by Crippen LogP contribution is -2.11. The Kier molecular flexibility index (Phi) is 3.64. The predicted octanol–water partition coefficient (Wildman–Crippen LogP) is 2.47. The molecular formula is C13H17FN2O2S. The van der Waals surface area contributed by atoms with Gasteiger partial charge in [-0.05, 0) is 30.5 Å². The fourth-order valence-corrected chi connectivity index (χ4v) is 2.79. The van der Waals surface area contributed by atoms with Crippen LogP contribution in [0.25, 0.3) is 10.9 Å². The number of hydrogen-bond donors (Lipinski definition) is 1. The number of nitrogens with two attached hydrogens (primary N) is 1. The van der Waals surface area contributed by atoms with Gasteiger partial charge in [0.15, 0.2) is 0 Å². The van der Waals surface area contributed by atoms with E-state index in [1.165, 1.54) is 18.3 Å². The molecule has 0 saturated carbocycles. The standard InChI is InChI=1S/C13H17FN2O2S/c1-9(2)5-6-16-8-13(19(15,17)18)11-7-10(14)3-4-12(11)16/h3-4,7-9H,5-6H2,1-2H3,(H2,15,17,18). The monoisotopic (exact) mass is 284 g/mol. The Morgan fingerprint density at radius 3 is 2.63 bits per heavy atom. The largest absolute Gasteiger partial charge is 0.346 e. The average molecular weight is 284 g/mol. The molecule has 0 aliphatic heterocycles. The van der Waals surface area contributed by atoms with Crippen LogP contribution in [-0.4, -0.2) is 13.0 Å². The SMILES string of the molecule is CC(C)CCn1cc(S(N)(=O)=O)c2cc(F)ccc21. The van der Waals surface area contributed by atoms with Crippen molar-refractivity contribution >= 4 is 20.9 Å². The first-order chi connectivity index (χ1) is 8.79. The first-order valence-corrected chi connectivity index (χ1v) is 7.65. The highest BCUT2D eigenvalue weighted by atomic mass is 32.2. The molecule has 0 amide bonds. The van der Waals surface area contributed by atoms with E-state index in [2.05, 4.69) is 13.8 Å². The molecule has 0 radical (unpaired) electrons. The molecule has 2 aromatic rings. The maximum atomic E-state index is 13.3. The second-order valence-electron chi connectivity index (χ2n) is 5.08. The highest BCUT2D eigenvalue weighted by Gasteiger charge is 2.17. The molecule has 2 rings (SSSR count). The van der Waals surface area contributed by atoms with Crippen molar-refractivity contribution in [3.05, 3.63) is 30.2 Å². The van der Waals surface area contributed by atoms with Crippen LogP contribution in [0.2, 0.25) is 0 Å². The molecule has 0 unspecified atom stereocenters. The van der Waals surface area contributed by atoms with E-state index < -0.39 is 15.8 Å². The molecule has 0 bridgehead atoms. The average Bonchev–Trinajstić information content (AvgIpc) is 2.64. The van der Waals surface area contributed by atoms with Gasteiger partial charge < -0.3 is 4.57 Å². The van der Waals surface area contributed by atoms with Crippen LogP contribution in [0.15, 0.2) is 29.3 Å². The second kappa shape index (κ2) is 4.94. The Bertz CT molecular complexity index is 705. The van der Waals surface area contributed by atoms with Gasteiger partial charge in [-0.15, -0.1) is 0 Å². The van der Waals surface area contributed by atoms with E-state index in [4.69, 9.17) is 5.14 Å². The molecule has 0 aliphatic carbocycles. The highest BCUT2D eigenvalue weighted by molar-refractivity contribution is 7.89. The molecule has 2 N–H and O–H groups in total. The van der Waals surface area contributed by atoms with Crippen LogP contribution in [0.5, 0.6) is 0 Å². The lowest BCUT2D eigenvalue weighted by atomic mass is 10.1. The van der Waals surface area contributed by atoms with Crippen molar-refractivity contribution in [3.8, 4) is 0 Å². The van der Waals surface area contributed by atoms with Crippen LogP contribution in [-0.2, 0) is 16.6 Å². The number of halogens is 1. The first-order valence-electron chi connectivity index (χ1n) is 6.10. The van der Waals surface area contributed by atoms with Gasteiger partial charge in [0.2, 0.25) is 10.0 Å². The van der Waals surface area contributed by atoms with E-state index in [0.717, 1.165) is 6.42 Å². The summed E-state index contributed by atoms with van der Waals surface area (Å²) in [6.45, 7) is 4.85. The number of aryl methyl sites for hydroxylation is 1. The van der Waals surface area contributed by atoms with E-state index in [0.29, 0.717) is 23.4 Å². The Balaban J connectivity index is 2.60. The molecule has 19 heavy (non-hydrogen) atoms. The van der Waals surface area contributed by atoms with Gasteiger partial charge in [-0.25, -0.2) is 17.9 Å². The number of aromatic nitrogens is 1. The zero-order valence-electron chi connectivity index (χ0n) is 10.9. The fraction of sp³-hybridized carbons (Fsp3) is 0.385. The molecule has 0 aliphatic rings. The maximum absolute atomic E-state index is 13.3. The Hall–Kier alpha value is -1.40. The molecular weight excluding hydrogens is 267 g/mol. The number of benzene rings is 1. The predicted molar refractivity (Wildman–Crippen MR) is 72.7 cm³/mol. The van der Waals surface area contributed by atoms with E-state index in [-0.39, 0.29) is 4.90 Å². The number of nitrogens with zero attached hydrogens (tertiary/aromatic N) is 1. The Morgan fingerprint density at radius 2 is 2.05 bits per heavy atom. The number of fused-ring (bicyclic) bond motifs is 1. The van der Waals surface area contributed by atoms with Crippen LogP contribution in [0, 0.1) is 11.7 Å². The van der Waals surface area contributed by atoms with Gasteiger partial charge >= 0.3 is 0 Å². The fourth-order valence-electron chi connectivity index (χ4n) is 2.05. The van der Waals surface area contributed by atoms with Crippen LogP contribution in [0.3, 0.4) is 0 Å². The zero-order valence-corrected chi connectivity index (χ0v) is 11.7. The molecule has 6 heteroatoms. The van der Waals surface area contributed by atoms with Crippen molar-refractivity contribution in [3.63, 3.8) is 0 Å². The first kappa shape index (κ1) is 14.0. The number of rotatable bonds is 4. The topological polar surface area (TPSA) is 65.1 Å². The quantitative estimate of drug-likeness (QED) is 0.937. The smallest absolute Gasteiger partial charge is 0.240 e. The van der Waals surface area contributed by atoms with Crippen molar-refractivity contribution in [1.29, 1.82) is 0 Å². The van der Waals surface area contributed by atoms with E-state index >= 15 is 0 Å². The minimum Gasteiger partial charge on any atom is -0.346 e. The third kappa shape index (κ3) is 2.96. The van der Waals surface area contributed by atoms with Gasteiger partial charge in [-0.1, -0.05) is 13.8 Å². The summed E-state index contributed by atoms with van der Waals surface area (Å²) in [5.41, 5.74) is 0.686. The van der Waals surface area contributed by atoms with Gasteiger partial charge in [0.05, 0.1) is 0 Å². The van der Waals surface area contributed by atoms with Crippen LogP contribution >= 0.6 is 0 Å². The molecule has 0 saturated heterocycles. The Morgan fingerprint density at radius 1 is 1.37 bits per heavy atom.